The van der Waals surface area contributed by atoms with Crippen molar-refractivity contribution in [3.8, 4) is 5.75 Å². The second kappa shape index (κ2) is 7.56. The number of aromatic nitrogens is 1. The molecule has 3 heterocycles. The van der Waals surface area contributed by atoms with Crippen molar-refractivity contribution in [2.45, 2.75) is 19.8 Å². The number of rotatable bonds is 4. The Labute approximate surface area is 161 Å². The van der Waals surface area contributed by atoms with Gasteiger partial charge in [-0.05, 0) is 43.5 Å². The molecule has 27 heavy (non-hydrogen) atoms. The van der Waals surface area contributed by atoms with Crippen LogP contribution in [0.15, 0.2) is 40.9 Å². The predicted molar refractivity (Wildman–Crippen MR) is 108 cm³/mol. The van der Waals surface area contributed by atoms with E-state index in [1.165, 1.54) is 5.56 Å². The average molecular weight is 385 g/mol. The lowest BCUT2D eigenvalue weighted by atomic mass is 9.99. The summed E-state index contributed by atoms with van der Waals surface area (Å²) >= 11 is -1.53. The molecule has 2 aromatic rings. The first-order valence-electron chi connectivity index (χ1n) is 9.06. The minimum Gasteiger partial charge on any atom is -0.492 e. The Morgan fingerprint density at radius 3 is 3.07 bits per heavy atom. The van der Waals surface area contributed by atoms with E-state index in [9.17, 15) is 4.21 Å². The van der Waals surface area contributed by atoms with Gasteiger partial charge in [0.25, 0.3) is 0 Å². The van der Waals surface area contributed by atoms with Crippen molar-refractivity contribution in [1.82, 2.24) is 4.98 Å². The number of benzene rings is 1. The molecule has 2 atom stereocenters. The third kappa shape index (κ3) is 3.90. The van der Waals surface area contributed by atoms with Crippen molar-refractivity contribution >= 4 is 28.5 Å². The van der Waals surface area contributed by atoms with Gasteiger partial charge in [0.1, 0.15) is 17.4 Å². The third-order valence-corrected chi connectivity index (χ3v) is 5.63. The van der Waals surface area contributed by atoms with Crippen LogP contribution in [0.1, 0.15) is 24.0 Å². The van der Waals surface area contributed by atoms with Crippen LogP contribution in [0.4, 0.5) is 11.5 Å². The molecule has 0 amide bonds. The standard InChI is InChI=1S/C19H23N5O2S/c1-13-7-8-17(21-10-13)24-9-3-4-14(11-24)12-26-16-6-2-5-15-18(16)19(20)23-27(25)22-15/h2,5-8,10,14,22H,3-4,9,11-12H2,1H3,(H2,20,23). The van der Waals surface area contributed by atoms with E-state index >= 15 is 0 Å². The second-order valence-electron chi connectivity index (χ2n) is 6.97. The second-order valence-corrected chi connectivity index (χ2v) is 7.85. The predicted octanol–water partition coefficient (Wildman–Crippen LogP) is 2.39. The van der Waals surface area contributed by atoms with Crippen LogP contribution in [0.2, 0.25) is 0 Å². The Hall–Kier alpha value is -2.61. The molecule has 3 N–H and O–H groups in total. The molecule has 2 unspecified atom stereocenters. The summed E-state index contributed by atoms with van der Waals surface area (Å²) in [6.45, 7) is 4.57. The van der Waals surface area contributed by atoms with Gasteiger partial charge >= 0.3 is 0 Å². The molecule has 1 aromatic heterocycles. The minimum absolute atomic E-state index is 0.242. The molecular weight excluding hydrogens is 362 g/mol. The van der Waals surface area contributed by atoms with E-state index < -0.39 is 11.2 Å². The van der Waals surface area contributed by atoms with E-state index in [-0.39, 0.29) is 5.84 Å². The number of ether oxygens (including phenoxy) is 1. The highest BCUT2D eigenvalue weighted by molar-refractivity contribution is 7.85. The maximum atomic E-state index is 11.6. The van der Waals surface area contributed by atoms with E-state index in [2.05, 4.69) is 31.1 Å². The summed E-state index contributed by atoms with van der Waals surface area (Å²) in [5, 5.41) is 0. The zero-order chi connectivity index (χ0) is 18.8. The quantitative estimate of drug-likeness (QED) is 0.843. The molecule has 7 nitrogen and oxygen atoms in total. The van der Waals surface area contributed by atoms with Gasteiger partial charge in [0.15, 0.2) is 0 Å². The number of aryl methyl sites for hydroxylation is 1. The summed E-state index contributed by atoms with van der Waals surface area (Å²) in [5.74, 6) is 2.34. The molecule has 1 saturated heterocycles. The molecule has 2 aliphatic rings. The van der Waals surface area contributed by atoms with Crippen LogP contribution in [-0.4, -0.2) is 34.7 Å². The first-order chi connectivity index (χ1) is 13.1. The average Bonchev–Trinajstić information content (AvgIpc) is 2.66. The number of piperidine rings is 1. The van der Waals surface area contributed by atoms with E-state index in [1.807, 2.05) is 31.3 Å². The van der Waals surface area contributed by atoms with E-state index in [0.29, 0.717) is 29.5 Å². The number of hydrogen-bond acceptors (Lipinski definition) is 5. The minimum atomic E-state index is -1.53. The molecule has 1 fully saturated rings. The molecule has 1 aromatic carbocycles. The van der Waals surface area contributed by atoms with Crippen LogP contribution in [0.5, 0.6) is 5.75 Å². The van der Waals surface area contributed by atoms with Crippen molar-refractivity contribution in [3.05, 3.63) is 47.7 Å². The van der Waals surface area contributed by atoms with Crippen LogP contribution >= 0.6 is 0 Å². The highest BCUT2D eigenvalue weighted by Gasteiger charge is 2.24. The van der Waals surface area contributed by atoms with Gasteiger partial charge in [0.05, 0.1) is 17.9 Å². The summed E-state index contributed by atoms with van der Waals surface area (Å²) in [5.41, 5.74) is 8.51. The molecule has 0 bridgehead atoms. The summed E-state index contributed by atoms with van der Waals surface area (Å²) in [4.78, 5) is 6.86. The van der Waals surface area contributed by atoms with Gasteiger partial charge in [-0.2, -0.15) is 4.40 Å². The number of nitrogens with two attached hydrogens (primary N) is 1. The number of anilines is 2. The number of pyridine rings is 1. The molecular formula is C19H23N5O2S. The molecule has 0 spiro atoms. The van der Waals surface area contributed by atoms with Gasteiger partial charge in [0, 0.05) is 25.2 Å². The highest BCUT2D eigenvalue weighted by Crippen LogP contribution is 2.30. The van der Waals surface area contributed by atoms with Gasteiger partial charge < -0.3 is 15.4 Å². The highest BCUT2D eigenvalue weighted by atomic mass is 32.2. The van der Waals surface area contributed by atoms with Crippen molar-refractivity contribution in [2.24, 2.45) is 16.0 Å². The summed E-state index contributed by atoms with van der Waals surface area (Å²) in [6.07, 6.45) is 4.13. The molecule has 0 aliphatic carbocycles. The monoisotopic (exact) mass is 385 g/mol. The van der Waals surface area contributed by atoms with Crippen LogP contribution in [-0.2, 0) is 11.2 Å². The Bertz CT molecular complexity index is 884. The number of nitrogens with zero attached hydrogens (tertiary/aromatic N) is 3. The maximum Gasteiger partial charge on any atom is 0.245 e. The fourth-order valence-electron chi connectivity index (χ4n) is 3.52. The largest absolute Gasteiger partial charge is 0.492 e. The Balaban J connectivity index is 1.44. The summed E-state index contributed by atoms with van der Waals surface area (Å²) in [7, 11) is 0. The first-order valence-corrected chi connectivity index (χ1v) is 10.2. The van der Waals surface area contributed by atoms with E-state index in [0.717, 1.165) is 31.7 Å². The molecule has 4 rings (SSSR count). The molecule has 0 saturated carbocycles. The SMILES string of the molecule is Cc1ccc(N2CCCC(COc3cccc4c3C(N)=NS(=O)N4)C2)nc1. The number of nitrogens with one attached hydrogen (secondary N) is 1. The van der Waals surface area contributed by atoms with Crippen molar-refractivity contribution in [2.75, 3.05) is 29.3 Å². The topological polar surface area (TPSA) is 92.8 Å². The van der Waals surface area contributed by atoms with Gasteiger partial charge in [-0.25, -0.2) is 9.19 Å². The fourth-order valence-corrected chi connectivity index (χ4v) is 4.19. The van der Waals surface area contributed by atoms with Crippen LogP contribution in [0.3, 0.4) is 0 Å². The molecule has 8 heteroatoms. The van der Waals surface area contributed by atoms with Crippen LogP contribution in [0, 0.1) is 12.8 Å². The molecule has 2 aliphatic heterocycles. The van der Waals surface area contributed by atoms with Gasteiger partial charge in [-0.3, -0.25) is 4.72 Å². The normalized spacial score (nSPS) is 21.8. The van der Waals surface area contributed by atoms with Crippen molar-refractivity contribution in [3.63, 3.8) is 0 Å². The zero-order valence-corrected chi connectivity index (χ0v) is 16.0. The smallest absolute Gasteiger partial charge is 0.245 e. The lowest BCUT2D eigenvalue weighted by Crippen LogP contribution is -2.38. The third-order valence-electron chi connectivity index (χ3n) is 4.87. The van der Waals surface area contributed by atoms with Crippen molar-refractivity contribution < 1.29 is 8.95 Å². The fraction of sp³-hybridized carbons (Fsp3) is 0.368. The van der Waals surface area contributed by atoms with Gasteiger partial charge in [-0.15, -0.1) is 0 Å². The Kier molecular flexibility index (Phi) is 4.98. The number of amidine groups is 1. The zero-order valence-electron chi connectivity index (χ0n) is 15.2. The van der Waals surface area contributed by atoms with Crippen molar-refractivity contribution in [1.29, 1.82) is 0 Å². The van der Waals surface area contributed by atoms with Gasteiger partial charge in [-0.1, -0.05) is 12.1 Å². The summed E-state index contributed by atoms with van der Waals surface area (Å²) in [6, 6.07) is 9.74. The van der Waals surface area contributed by atoms with Crippen LogP contribution < -0.4 is 20.1 Å². The lowest BCUT2D eigenvalue weighted by Gasteiger charge is -2.33. The maximum absolute atomic E-state index is 11.6. The Morgan fingerprint density at radius 1 is 1.37 bits per heavy atom. The number of hydrogen-bond donors (Lipinski definition) is 2. The Morgan fingerprint density at radius 2 is 2.26 bits per heavy atom. The first kappa shape index (κ1) is 17.8. The lowest BCUT2D eigenvalue weighted by molar-refractivity contribution is 0.228. The number of fused-ring (bicyclic) bond motifs is 1. The summed E-state index contributed by atoms with van der Waals surface area (Å²) < 4.78 is 24.4. The van der Waals surface area contributed by atoms with E-state index in [4.69, 9.17) is 10.5 Å². The van der Waals surface area contributed by atoms with E-state index in [1.54, 1.807) is 0 Å². The molecule has 0 radical (unpaired) electrons. The van der Waals surface area contributed by atoms with Crippen LogP contribution in [0.25, 0.3) is 0 Å². The van der Waals surface area contributed by atoms with Gasteiger partial charge in [0.2, 0.25) is 11.2 Å². The molecule has 142 valence electrons.